The van der Waals surface area contributed by atoms with Gasteiger partial charge < -0.3 is 10.3 Å². The number of nitrogens with zero attached hydrogens (tertiary/aromatic N) is 3. The molecule has 1 aromatic heterocycles. The van der Waals surface area contributed by atoms with E-state index in [1.54, 1.807) is 0 Å². The number of thioether (sulfide) groups is 1. The molecule has 0 aromatic carbocycles. The Morgan fingerprint density at radius 1 is 1.44 bits per heavy atom. The van der Waals surface area contributed by atoms with Gasteiger partial charge in [-0.15, -0.1) is 0 Å². The summed E-state index contributed by atoms with van der Waals surface area (Å²) >= 11 is 2.05. The van der Waals surface area contributed by atoms with Crippen LogP contribution in [0.15, 0.2) is 12.5 Å². The minimum Gasteiger partial charge on any atom is -0.332 e. The highest BCUT2D eigenvalue weighted by Crippen LogP contribution is 2.11. The van der Waals surface area contributed by atoms with Crippen LogP contribution < -0.4 is 5.73 Å². The Kier molecular flexibility index (Phi) is 4.26. The van der Waals surface area contributed by atoms with Gasteiger partial charge in [-0.1, -0.05) is 0 Å². The van der Waals surface area contributed by atoms with Gasteiger partial charge in [0.2, 0.25) is 0 Å². The van der Waals surface area contributed by atoms with Crippen LogP contribution in [0.1, 0.15) is 18.7 Å². The molecule has 1 aromatic rings. The summed E-state index contributed by atoms with van der Waals surface area (Å²) in [4.78, 5) is 6.68. The lowest BCUT2D eigenvalue weighted by molar-refractivity contribution is 0.287. The van der Waals surface area contributed by atoms with E-state index in [4.69, 9.17) is 5.73 Å². The van der Waals surface area contributed by atoms with Gasteiger partial charge in [0.15, 0.2) is 0 Å². The van der Waals surface area contributed by atoms with Gasteiger partial charge >= 0.3 is 0 Å². The third-order valence-electron chi connectivity index (χ3n) is 2.97. The van der Waals surface area contributed by atoms with Crippen molar-refractivity contribution in [1.82, 2.24) is 14.5 Å². The molecule has 90 valence electrons. The predicted octanol–water partition coefficient (Wildman–Crippen LogP) is 0.952. The van der Waals surface area contributed by atoms with E-state index in [-0.39, 0.29) is 6.04 Å². The van der Waals surface area contributed by atoms with E-state index >= 15 is 0 Å². The maximum Gasteiger partial charge on any atom is 0.0949 e. The second-order valence-corrected chi connectivity index (χ2v) is 5.48. The minimum absolute atomic E-state index is 0.0689. The van der Waals surface area contributed by atoms with Gasteiger partial charge in [-0.2, -0.15) is 11.8 Å². The van der Waals surface area contributed by atoms with E-state index in [0.717, 1.165) is 18.8 Å². The van der Waals surface area contributed by atoms with Crippen molar-refractivity contribution in [3.05, 3.63) is 18.2 Å². The molecule has 4 nitrogen and oxygen atoms in total. The molecule has 0 aliphatic carbocycles. The molecule has 0 bridgehead atoms. The third kappa shape index (κ3) is 2.99. The van der Waals surface area contributed by atoms with Crippen LogP contribution >= 0.6 is 11.8 Å². The van der Waals surface area contributed by atoms with Crippen molar-refractivity contribution in [2.45, 2.75) is 19.5 Å². The van der Waals surface area contributed by atoms with E-state index in [2.05, 4.69) is 14.5 Å². The number of rotatable bonds is 4. The normalized spacial score (nSPS) is 19.9. The first-order chi connectivity index (χ1) is 7.77. The van der Waals surface area contributed by atoms with Crippen LogP contribution in [0.2, 0.25) is 0 Å². The molecule has 2 N–H and O–H groups in total. The van der Waals surface area contributed by atoms with Gasteiger partial charge in [0, 0.05) is 49.9 Å². The summed E-state index contributed by atoms with van der Waals surface area (Å²) in [6.45, 7) is 6.54. The molecule has 2 rings (SSSR count). The first-order valence-corrected chi connectivity index (χ1v) is 6.98. The Bertz CT molecular complexity index is 318. The van der Waals surface area contributed by atoms with Gasteiger partial charge in [-0.05, 0) is 6.92 Å². The molecule has 1 aliphatic heterocycles. The first-order valence-electron chi connectivity index (χ1n) is 5.83. The average molecular weight is 240 g/mol. The van der Waals surface area contributed by atoms with Crippen molar-refractivity contribution >= 4 is 11.8 Å². The number of aromatic nitrogens is 2. The highest BCUT2D eigenvalue weighted by Gasteiger charge is 2.11. The molecular weight excluding hydrogens is 220 g/mol. The zero-order chi connectivity index (χ0) is 11.4. The van der Waals surface area contributed by atoms with Crippen molar-refractivity contribution in [1.29, 1.82) is 0 Å². The number of nitrogens with two attached hydrogens (primary N) is 1. The average Bonchev–Trinajstić information content (AvgIpc) is 2.76. The SMILES string of the molecule is CC(N)c1cncn1CCN1CCSCC1. The second-order valence-electron chi connectivity index (χ2n) is 4.25. The molecule has 0 radical (unpaired) electrons. The second kappa shape index (κ2) is 5.70. The summed E-state index contributed by atoms with van der Waals surface area (Å²) in [6.07, 6.45) is 3.76. The lowest BCUT2D eigenvalue weighted by atomic mass is 10.3. The minimum atomic E-state index is 0.0689. The smallest absolute Gasteiger partial charge is 0.0949 e. The Morgan fingerprint density at radius 3 is 2.88 bits per heavy atom. The predicted molar refractivity (Wildman–Crippen MR) is 68.6 cm³/mol. The molecule has 5 heteroatoms. The standard InChI is InChI=1S/C11H20N4S/c1-10(12)11-8-13-9-15(11)3-2-14-4-6-16-7-5-14/h8-10H,2-7,12H2,1H3. The molecular formula is C11H20N4S. The maximum absolute atomic E-state index is 5.89. The topological polar surface area (TPSA) is 47.1 Å². The van der Waals surface area contributed by atoms with Crippen LogP contribution in [-0.4, -0.2) is 45.6 Å². The summed E-state index contributed by atoms with van der Waals surface area (Å²) in [5.41, 5.74) is 7.02. The summed E-state index contributed by atoms with van der Waals surface area (Å²) in [5, 5.41) is 0. The highest BCUT2D eigenvalue weighted by atomic mass is 32.2. The Morgan fingerprint density at radius 2 is 2.19 bits per heavy atom. The van der Waals surface area contributed by atoms with Crippen LogP contribution in [0, 0.1) is 0 Å². The number of hydrogen-bond donors (Lipinski definition) is 1. The zero-order valence-corrected chi connectivity index (χ0v) is 10.6. The molecule has 2 heterocycles. The summed E-state index contributed by atoms with van der Waals surface area (Å²) in [5.74, 6) is 2.54. The van der Waals surface area contributed by atoms with E-state index in [1.807, 2.05) is 31.2 Å². The Balaban J connectivity index is 1.86. The molecule has 1 saturated heterocycles. The molecule has 0 saturated carbocycles. The van der Waals surface area contributed by atoms with Crippen molar-refractivity contribution in [2.75, 3.05) is 31.1 Å². The largest absolute Gasteiger partial charge is 0.332 e. The summed E-state index contributed by atoms with van der Waals surface area (Å²) in [7, 11) is 0. The Hall–Kier alpha value is -0.520. The number of hydrogen-bond acceptors (Lipinski definition) is 4. The molecule has 1 atom stereocenters. The first kappa shape index (κ1) is 12.0. The fourth-order valence-corrected chi connectivity index (χ4v) is 2.95. The van der Waals surface area contributed by atoms with E-state index in [1.165, 1.54) is 24.6 Å². The third-order valence-corrected chi connectivity index (χ3v) is 3.91. The molecule has 1 fully saturated rings. The number of imidazole rings is 1. The van der Waals surface area contributed by atoms with Crippen LogP contribution in [0.4, 0.5) is 0 Å². The molecule has 16 heavy (non-hydrogen) atoms. The van der Waals surface area contributed by atoms with Crippen LogP contribution in [0.5, 0.6) is 0 Å². The van der Waals surface area contributed by atoms with E-state index in [0.29, 0.717) is 0 Å². The van der Waals surface area contributed by atoms with Gasteiger partial charge in [0.05, 0.1) is 12.0 Å². The fraction of sp³-hybridized carbons (Fsp3) is 0.727. The molecule has 0 spiro atoms. The van der Waals surface area contributed by atoms with Crippen molar-refractivity contribution in [2.24, 2.45) is 5.73 Å². The maximum atomic E-state index is 5.89. The van der Waals surface area contributed by atoms with E-state index < -0.39 is 0 Å². The van der Waals surface area contributed by atoms with Crippen molar-refractivity contribution in [3.8, 4) is 0 Å². The van der Waals surface area contributed by atoms with Crippen LogP contribution in [0.3, 0.4) is 0 Å². The Labute approximate surface area is 101 Å². The zero-order valence-electron chi connectivity index (χ0n) is 9.80. The summed E-state index contributed by atoms with van der Waals surface area (Å²) < 4.78 is 2.17. The van der Waals surface area contributed by atoms with Gasteiger partial charge in [-0.3, -0.25) is 4.90 Å². The van der Waals surface area contributed by atoms with Crippen molar-refractivity contribution < 1.29 is 0 Å². The molecule has 1 aliphatic rings. The van der Waals surface area contributed by atoms with Crippen LogP contribution in [0.25, 0.3) is 0 Å². The van der Waals surface area contributed by atoms with Crippen LogP contribution in [-0.2, 0) is 6.54 Å². The lowest BCUT2D eigenvalue weighted by Crippen LogP contribution is -2.35. The molecule has 1 unspecified atom stereocenters. The van der Waals surface area contributed by atoms with Gasteiger partial charge in [0.1, 0.15) is 0 Å². The lowest BCUT2D eigenvalue weighted by Gasteiger charge is -2.26. The van der Waals surface area contributed by atoms with Gasteiger partial charge in [-0.25, -0.2) is 4.98 Å². The quantitative estimate of drug-likeness (QED) is 0.851. The van der Waals surface area contributed by atoms with Crippen molar-refractivity contribution in [3.63, 3.8) is 0 Å². The molecule has 0 amide bonds. The fourth-order valence-electron chi connectivity index (χ4n) is 1.97. The van der Waals surface area contributed by atoms with E-state index in [9.17, 15) is 0 Å². The van der Waals surface area contributed by atoms with Gasteiger partial charge in [0.25, 0.3) is 0 Å². The highest BCUT2D eigenvalue weighted by molar-refractivity contribution is 7.99. The monoisotopic (exact) mass is 240 g/mol. The summed E-state index contributed by atoms with van der Waals surface area (Å²) in [6, 6.07) is 0.0689.